The van der Waals surface area contributed by atoms with Crippen LogP contribution in [0.25, 0.3) is 0 Å². The second-order valence-corrected chi connectivity index (χ2v) is 8.94. The summed E-state index contributed by atoms with van der Waals surface area (Å²) in [6.45, 7) is 7.45. The van der Waals surface area contributed by atoms with Crippen LogP contribution in [0.15, 0.2) is 9.85 Å². The highest BCUT2D eigenvalue weighted by atomic mass is 79.9. The molecule has 0 unspecified atom stereocenters. The van der Waals surface area contributed by atoms with E-state index in [4.69, 9.17) is 0 Å². The second kappa shape index (κ2) is 5.25. The van der Waals surface area contributed by atoms with E-state index in [9.17, 15) is 8.60 Å². The van der Waals surface area contributed by atoms with E-state index in [1.165, 1.54) is 17.4 Å². The van der Waals surface area contributed by atoms with E-state index in [1.54, 1.807) is 0 Å². The van der Waals surface area contributed by atoms with Gasteiger partial charge in [0.05, 0.1) is 30.4 Å². The summed E-state index contributed by atoms with van der Waals surface area (Å²) >= 11 is 4.55. The van der Waals surface area contributed by atoms with Gasteiger partial charge in [0.25, 0.3) is 0 Å². The smallest absolute Gasteiger partial charge is 0.139 e. The third-order valence-corrected chi connectivity index (χ3v) is 5.39. The van der Waals surface area contributed by atoms with Gasteiger partial charge >= 0.3 is 0 Å². The minimum atomic E-state index is -1.19. The van der Waals surface area contributed by atoms with Gasteiger partial charge in [-0.25, -0.2) is 13.3 Å². The van der Waals surface area contributed by atoms with Crippen LogP contribution >= 0.6 is 27.3 Å². The lowest BCUT2D eigenvalue weighted by atomic mass is 10.3. The van der Waals surface area contributed by atoms with Gasteiger partial charge in [0, 0.05) is 0 Å². The Balaban J connectivity index is 2.77. The largest absolute Gasteiger partial charge is 0.242 e. The molecule has 92 valence electrons. The molecule has 0 radical (unpaired) electrons. The molecule has 1 N–H and O–H groups in total. The number of thiophene rings is 1. The van der Waals surface area contributed by atoms with Crippen molar-refractivity contribution < 1.29 is 8.60 Å². The minimum Gasteiger partial charge on any atom is -0.242 e. The molecular weight excluding hydrogens is 313 g/mol. The fourth-order valence-corrected chi connectivity index (χ4v) is 3.40. The summed E-state index contributed by atoms with van der Waals surface area (Å²) in [5.74, 6) is -0.261. The van der Waals surface area contributed by atoms with Crippen LogP contribution in [0.4, 0.5) is 4.39 Å². The third-order valence-electron chi connectivity index (χ3n) is 1.92. The van der Waals surface area contributed by atoms with E-state index in [1.807, 2.05) is 27.7 Å². The molecule has 1 aromatic heterocycles. The van der Waals surface area contributed by atoms with E-state index in [-0.39, 0.29) is 16.6 Å². The lowest BCUT2D eigenvalue weighted by Crippen LogP contribution is -2.34. The summed E-state index contributed by atoms with van der Waals surface area (Å²) in [7, 11) is -1.19. The van der Waals surface area contributed by atoms with Crippen LogP contribution in [0.5, 0.6) is 0 Å². The van der Waals surface area contributed by atoms with Crippen molar-refractivity contribution in [3.8, 4) is 0 Å². The Morgan fingerprint density at radius 1 is 1.56 bits per heavy atom. The minimum absolute atomic E-state index is 0.253. The van der Waals surface area contributed by atoms with Crippen molar-refractivity contribution in [1.82, 2.24) is 4.72 Å². The molecule has 0 aliphatic carbocycles. The van der Waals surface area contributed by atoms with Gasteiger partial charge in [-0.1, -0.05) is 0 Å². The van der Waals surface area contributed by atoms with Crippen molar-refractivity contribution >= 4 is 38.3 Å². The van der Waals surface area contributed by atoms with E-state index in [0.717, 1.165) is 3.79 Å². The normalized spacial score (nSPS) is 16.1. The van der Waals surface area contributed by atoms with Crippen molar-refractivity contribution in [1.29, 1.82) is 0 Å². The molecule has 0 spiro atoms. The highest BCUT2D eigenvalue weighted by Gasteiger charge is 2.23. The highest BCUT2D eigenvalue weighted by Crippen LogP contribution is 2.31. The predicted octanol–water partition coefficient (Wildman–Crippen LogP) is 3.76. The Bertz CT molecular complexity index is 400. The highest BCUT2D eigenvalue weighted by molar-refractivity contribution is 9.11. The summed E-state index contributed by atoms with van der Waals surface area (Å²) in [6, 6.07) is 1.18. The molecule has 1 aromatic rings. The maximum absolute atomic E-state index is 13.4. The number of halogens is 2. The molecule has 0 amide bonds. The molecule has 0 fully saturated rings. The van der Waals surface area contributed by atoms with Crippen molar-refractivity contribution in [3.63, 3.8) is 0 Å². The summed E-state index contributed by atoms with van der Waals surface area (Å²) in [6.07, 6.45) is 0. The molecular formula is C10H15BrFNOS2. The van der Waals surface area contributed by atoms with Crippen molar-refractivity contribution in [3.05, 3.63) is 20.5 Å². The number of rotatable bonds is 3. The lowest BCUT2D eigenvalue weighted by molar-refractivity contribution is 0.582. The van der Waals surface area contributed by atoms with Crippen LogP contribution in [0, 0.1) is 5.82 Å². The monoisotopic (exact) mass is 327 g/mol. The van der Waals surface area contributed by atoms with Gasteiger partial charge in [-0.05, 0) is 49.7 Å². The maximum Gasteiger partial charge on any atom is 0.139 e. The molecule has 16 heavy (non-hydrogen) atoms. The predicted molar refractivity (Wildman–Crippen MR) is 71.4 cm³/mol. The van der Waals surface area contributed by atoms with Crippen LogP contribution in [-0.4, -0.2) is 8.96 Å². The average molecular weight is 328 g/mol. The lowest BCUT2D eigenvalue weighted by Gasteiger charge is -2.21. The molecule has 0 bridgehead atoms. The average Bonchev–Trinajstić information content (AvgIpc) is 2.43. The molecule has 6 heteroatoms. The van der Waals surface area contributed by atoms with Gasteiger partial charge in [-0.2, -0.15) is 0 Å². The Kier molecular flexibility index (Phi) is 4.68. The summed E-state index contributed by atoms with van der Waals surface area (Å²) in [5, 5.41) is 0. The molecule has 0 aliphatic heterocycles. The number of hydrogen-bond acceptors (Lipinski definition) is 2. The molecule has 1 heterocycles. The standard InChI is InChI=1S/C10H15BrFNOS2/c1-6(13-16(14)10(2,3)4)9-7(12)5-8(11)15-9/h5-6,13H,1-4H3/t6-,16+/m1/s1. The van der Waals surface area contributed by atoms with Gasteiger partial charge < -0.3 is 0 Å². The zero-order valence-corrected chi connectivity index (χ0v) is 12.9. The van der Waals surface area contributed by atoms with Crippen LogP contribution in [0.2, 0.25) is 0 Å². The van der Waals surface area contributed by atoms with Crippen molar-refractivity contribution in [2.24, 2.45) is 0 Å². The Morgan fingerprint density at radius 2 is 2.12 bits per heavy atom. The van der Waals surface area contributed by atoms with E-state index < -0.39 is 11.0 Å². The first-order valence-electron chi connectivity index (χ1n) is 4.84. The SMILES string of the molecule is C[C@@H](N[S@@](=O)C(C)(C)C)c1sc(Br)cc1F. The van der Waals surface area contributed by atoms with E-state index in [2.05, 4.69) is 20.7 Å². The first kappa shape index (κ1) is 14.3. The Morgan fingerprint density at radius 3 is 2.50 bits per heavy atom. The number of nitrogens with one attached hydrogen (secondary N) is 1. The van der Waals surface area contributed by atoms with Gasteiger partial charge in [0.2, 0.25) is 0 Å². The van der Waals surface area contributed by atoms with Crippen LogP contribution in [-0.2, 0) is 11.0 Å². The first-order valence-corrected chi connectivity index (χ1v) is 7.60. The van der Waals surface area contributed by atoms with E-state index in [0.29, 0.717) is 4.88 Å². The fraction of sp³-hybridized carbons (Fsp3) is 0.600. The first-order chi connectivity index (χ1) is 7.21. The maximum atomic E-state index is 13.4. The number of hydrogen-bond donors (Lipinski definition) is 1. The summed E-state index contributed by atoms with van der Waals surface area (Å²) in [5.41, 5.74) is 0. The van der Waals surface area contributed by atoms with Crippen molar-refractivity contribution in [2.45, 2.75) is 38.5 Å². The molecule has 0 saturated heterocycles. The third kappa shape index (κ3) is 3.61. The van der Waals surface area contributed by atoms with Gasteiger partial charge in [-0.3, -0.25) is 0 Å². The zero-order chi connectivity index (χ0) is 12.5. The van der Waals surface area contributed by atoms with Crippen molar-refractivity contribution in [2.75, 3.05) is 0 Å². The van der Waals surface area contributed by atoms with Gasteiger partial charge in [-0.15, -0.1) is 11.3 Å². The Hall–Kier alpha value is 0.220. The van der Waals surface area contributed by atoms with Crippen LogP contribution < -0.4 is 4.72 Å². The summed E-state index contributed by atoms with van der Waals surface area (Å²) in [4.78, 5) is 0.574. The molecule has 2 nitrogen and oxygen atoms in total. The molecule has 0 aliphatic rings. The fourth-order valence-electron chi connectivity index (χ4n) is 1.04. The molecule has 0 saturated carbocycles. The zero-order valence-electron chi connectivity index (χ0n) is 9.64. The van der Waals surface area contributed by atoms with Crippen LogP contribution in [0.1, 0.15) is 38.6 Å². The summed E-state index contributed by atoms with van der Waals surface area (Å²) < 4.78 is 28.6. The molecule has 2 atom stereocenters. The van der Waals surface area contributed by atoms with Gasteiger partial charge in [0.1, 0.15) is 5.82 Å². The topological polar surface area (TPSA) is 29.1 Å². The van der Waals surface area contributed by atoms with E-state index >= 15 is 0 Å². The molecule has 0 aromatic carbocycles. The van der Waals surface area contributed by atoms with Gasteiger partial charge in [0.15, 0.2) is 0 Å². The quantitative estimate of drug-likeness (QED) is 0.899. The Labute approximate surface area is 110 Å². The molecule has 1 rings (SSSR count). The second-order valence-electron chi connectivity index (χ2n) is 4.48. The van der Waals surface area contributed by atoms with Crippen LogP contribution in [0.3, 0.4) is 0 Å².